The molecule has 188 valence electrons. The number of piperidine rings is 1. The minimum absolute atomic E-state index is 0.0379. The number of thioether (sulfide) groups is 1. The second-order valence-corrected chi connectivity index (χ2v) is 9.90. The average molecular weight is 499 g/mol. The number of nitrogens with zero attached hydrogens (tertiary/aromatic N) is 4. The van der Waals surface area contributed by atoms with Gasteiger partial charge in [-0.05, 0) is 50.3 Å². The number of carbonyl (C=O) groups is 2. The van der Waals surface area contributed by atoms with Crippen LogP contribution >= 0.6 is 11.8 Å². The van der Waals surface area contributed by atoms with E-state index in [0.29, 0.717) is 37.6 Å². The summed E-state index contributed by atoms with van der Waals surface area (Å²) in [6.45, 7) is 5.77. The first-order chi connectivity index (χ1) is 17.1. The highest BCUT2D eigenvalue weighted by Crippen LogP contribution is 2.26. The molecular formula is C26H34N4O4S. The maximum Gasteiger partial charge on any atom is 0.310 e. The molecule has 1 amide bonds. The van der Waals surface area contributed by atoms with Crippen LogP contribution in [0.25, 0.3) is 0 Å². The average Bonchev–Trinajstić information content (AvgIpc) is 3.43. The van der Waals surface area contributed by atoms with Crippen LogP contribution < -0.4 is 4.90 Å². The molecule has 0 radical (unpaired) electrons. The summed E-state index contributed by atoms with van der Waals surface area (Å²) in [5.41, 5.74) is 2.62. The van der Waals surface area contributed by atoms with Crippen molar-refractivity contribution in [3.8, 4) is 0 Å². The van der Waals surface area contributed by atoms with Gasteiger partial charge in [-0.3, -0.25) is 9.59 Å². The molecule has 0 N–H and O–H groups in total. The minimum atomic E-state index is -0.234. The van der Waals surface area contributed by atoms with Crippen LogP contribution in [0.5, 0.6) is 0 Å². The van der Waals surface area contributed by atoms with E-state index in [-0.39, 0.29) is 17.8 Å². The van der Waals surface area contributed by atoms with Crippen LogP contribution in [0.3, 0.4) is 0 Å². The van der Waals surface area contributed by atoms with E-state index in [4.69, 9.17) is 14.5 Å². The van der Waals surface area contributed by atoms with Crippen LogP contribution in [0, 0.1) is 5.92 Å². The second kappa shape index (κ2) is 12.4. The molecule has 4 rings (SSSR count). The molecule has 0 unspecified atom stereocenters. The Morgan fingerprint density at radius 3 is 2.57 bits per heavy atom. The molecule has 9 heteroatoms. The van der Waals surface area contributed by atoms with Gasteiger partial charge < -0.3 is 19.3 Å². The number of methoxy groups -OCH3 is 1. The van der Waals surface area contributed by atoms with Gasteiger partial charge in [0.05, 0.1) is 24.8 Å². The number of amides is 1. The second-order valence-electron chi connectivity index (χ2n) is 8.96. The number of benzene rings is 1. The van der Waals surface area contributed by atoms with Crippen molar-refractivity contribution in [1.82, 2.24) is 14.9 Å². The van der Waals surface area contributed by atoms with Crippen LogP contribution in [0.2, 0.25) is 0 Å². The molecule has 0 aliphatic carbocycles. The van der Waals surface area contributed by atoms with Gasteiger partial charge in [0.1, 0.15) is 5.82 Å². The lowest BCUT2D eigenvalue weighted by atomic mass is 9.97. The standard InChI is InChI=1S/C26H34N4O4S/c1-3-34-25(32)21-7-6-14-30(16-21)24(31)20-10-8-19(9-11-20)18-35-26-27-22(17-33-2)15-23(28-26)29-12-4-5-13-29/h8-11,15,21H,3-7,12-14,16-18H2,1-2H3/t21-/m0/s1. The van der Waals surface area contributed by atoms with Crippen LogP contribution in [-0.4, -0.2) is 66.6 Å². The SMILES string of the molecule is CCOC(=O)[C@H]1CCCN(C(=O)c2ccc(CSc3nc(COC)cc(N4CCCC4)n3)cc2)C1. The molecule has 2 fully saturated rings. The lowest BCUT2D eigenvalue weighted by Gasteiger charge is -2.31. The Morgan fingerprint density at radius 2 is 1.86 bits per heavy atom. The lowest BCUT2D eigenvalue weighted by molar-refractivity contribution is -0.149. The topological polar surface area (TPSA) is 84.9 Å². The minimum Gasteiger partial charge on any atom is -0.466 e. The summed E-state index contributed by atoms with van der Waals surface area (Å²) in [5.74, 6) is 1.20. The van der Waals surface area contributed by atoms with Crippen molar-refractivity contribution < 1.29 is 19.1 Å². The van der Waals surface area contributed by atoms with Crippen molar-refractivity contribution in [2.45, 2.75) is 50.1 Å². The number of rotatable bonds is 9. The van der Waals surface area contributed by atoms with E-state index in [1.54, 1.807) is 30.7 Å². The highest BCUT2D eigenvalue weighted by Gasteiger charge is 2.29. The van der Waals surface area contributed by atoms with Gasteiger partial charge in [0.15, 0.2) is 5.16 Å². The molecule has 2 saturated heterocycles. The molecule has 0 saturated carbocycles. The summed E-state index contributed by atoms with van der Waals surface area (Å²) in [5, 5.41) is 0.736. The number of hydrogen-bond acceptors (Lipinski definition) is 8. The molecule has 2 aliphatic rings. The third kappa shape index (κ3) is 6.73. The number of ether oxygens (including phenoxy) is 2. The van der Waals surface area contributed by atoms with Gasteiger partial charge in [0.25, 0.3) is 5.91 Å². The number of carbonyl (C=O) groups excluding carboxylic acids is 2. The van der Waals surface area contributed by atoms with Crippen molar-refractivity contribution in [3.05, 3.63) is 47.2 Å². The number of likely N-dealkylation sites (tertiary alicyclic amines) is 1. The van der Waals surface area contributed by atoms with Gasteiger partial charge in [-0.1, -0.05) is 23.9 Å². The fraction of sp³-hybridized carbons (Fsp3) is 0.538. The Labute approximate surface area is 211 Å². The van der Waals surface area contributed by atoms with Gasteiger partial charge >= 0.3 is 5.97 Å². The van der Waals surface area contributed by atoms with Crippen LogP contribution in [0.15, 0.2) is 35.5 Å². The molecule has 1 atom stereocenters. The van der Waals surface area contributed by atoms with E-state index >= 15 is 0 Å². The molecule has 2 aliphatic heterocycles. The molecular weight excluding hydrogens is 464 g/mol. The van der Waals surface area contributed by atoms with Crippen LogP contribution in [0.1, 0.15) is 54.2 Å². The summed E-state index contributed by atoms with van der Waals surface area (Å²) in [6.07, 6.45) is 3.97. The van der Waals surface area contributed by atoms with Crippen LogP contribution in [-0.2, 0) is 26.6 Å². The van der Waals surface area contributed by atoms with Gasteiger partial charge in [-0.2, -0.15) is 0 Å². The molecule has 1 aromatic heterocycles. The fourth-order valence-electron chi connectivity index (χ4n) is 4.54. The van der Waals surface area contributed by atoms with Gasteiger partial charge in [0.2, 0.25) is 0 Å². The maximum absolute atomic E-state index is 13.0. The van der Waals surface area contributed by atoms with Gasteiger partial charge in [0, 0.05) is 50.7 Å². The van der Waals surface area contributed by atoms with Gasteiger partial charge in [-0.15, -0.1) is 0 Å². The number of hydrogen-bond donors (Lipinski definition) is 0. The first kappa shape index (κ1) is 25.4. The summed E-state index contributed by atoms with van der Waals surface area (Å²) < 4.78 is 10.5. The third-order valence-electron chi connectivity index (χ3n) is 6.36. The highest BCUT2D eigenvalue weighted by molar-refractivity contribution is 7.98. The van der Waals surface area contributed by atoms with Crippen LogP contribution in [0.4, 0.5) is 5.82 Å². The smallest absolute Gasteiger partial charge is 0.310 e. The third-order valence-corrected chi connectivity index (χ3v) is 7.28. The Kier molecular flexibility index (Phi) is 8.98. The van der Waals surface area contributed by atoms with E-state index in [1.807, 2.05) is 30.3 Å². The largest absolute Gasteiger partial charge is 0.466 e. The molecule has 2 aromatic rings. The fourth-order valence-corrected chi connectivity index (χ4v) is 5.37. The van der Waals surface area contributed by atoms with E-state index < -0.39 is 0 Å². The molecule has 0 bridgehead atoms. The lowest BCUT2D eigenvalue weighted by Crippen LogP contribution is -2.42. The summed E-state index contributed by atoms with van der Waals surface area (Å²) in [7, 11) is 1.67. The summed E-state index contributed by atoms with van der Waals surface area (Å²) >= 11 is 1.59. The quantitative estimate of drug-likeness (QED) is 0.292. The van der Waals surface area contributed by atoms with E-state index in [1.165, 1.54) is 12.8 Å². The van der Waals surface area contributed by atoms with Crippen molar-refractivity contribution in [2.75, 3.05) is 44.8 Å². The predicted molar refractivity (Wildman–Crippen MR) is 135 cm³/mol. The molecule has 1 aromatic carbocycles. The highest BCUT2D eigenvalue weighted by atomic mass is 32.2. The zero-order valence-corrected chi connectivity index (χ0v) is 21.4. The summed E-state index contributed by atoms with van der Waals surface area (Å²) in [6, 6.07) is 9.71. The Balaban J connectivity index is 1.37. The Morgan fingerprint density at radius 1 is 1.09 bits per heavy atom. The molecule has 3 heterocycles. The zero-order chi connectivity index (χ0) is 24.6. The Bertz CT molecular complexity index is 1010. The van der Waals surface area contributed by atoms with E-state index in [2.05, 4.69) is 9.88 Å². The maximum atomic E-state index is 13.0. The number of esters is 1. The first-order valence-electron chi connectivity index (χ1n) is 12.4. The van der Waals surface area contributed by atoms with Crippen molar-refractivity contribution >= 4 is 29.5 Å². The molecule has 8 nitrogen and oxygen atoms in total. The molecule has 35 heavy (non-hydrogen) atoms. The van der Waals surface area contributed by atoms with Crippen molar-refractivity contribution in [2.24, 2.45) is 5.92 Å². The monoisotopic (exact) mass is 498 g/mol. The van der Waals surface area contributed by atoms with Crippen molar-refractivity contribution in [3.63, 3.8) is 0 Å². The Hall–Kier alpha value is -2.65. The number of anilines is 1. The van der Waals surface area contributed by atoms with Crippen molar-refractivity contribution in [1.29, 1.82) is 0 Å². The number of aromatic nitrogens is 2. The first-order valence-corrected chi connectivity index (χ1v) is 13.4. The molecule has 0 spiro atoms. The zero-order valence-electron chi connectivity index (χ0n) is 20.6. The van der Waals surface area contributed by atoms with Gasteiger partial charge in [-0.25, -0.2) is 9.97 Å². The van der Waals surface area contributed by atoms with E-state index in [9.17, 15) is 9.59 Å². The predicted octanol–water partition coefficient (Wildman–Crippen LogP) is 3.93. The normalized spacial score (nSPS) is 18.1. The van der Waals surface area contributed by atoms with E-state index in [0.717, 1.165) is 48.2 Å². The summed E-state index contributed by atoms with van der Waals surface area (Å²) in [4.78, 5) is 38.6.